The molecule has 0 aromatic heterocycles. The Morgan fingerprint density at radius 1 is 0.788 bits per heavy atom. The summed E-state index contributed by atoms with van der Waals surface area (Å²) in [6.45, 7) is 0. The molecule has 3 rings (SSSR count). The number of amides is 1. The van der Waals surface area contributed by atoms with Crippen molar-refractivity contribution in [2.24, 2.45) is 9.98 Å². The van der Waals surface area contributed by atoms with Crippen LogP contribution in [0.3, 0.4) is 0 Å². The van der Waals surface area contributed by atoms with Crippen molar-refractivity contribution >= 4 is 62.1 Å². The Kier molecular flexibility index (Phi) is 14.6. The number of hydrogen-bond acceptors (Lipinski definition) is 5. The number of hydrogen-bond donors (Lipinski definition) is 0. The topological polar surface area (TPSA) is 91.2 Å². The molecular weight excluding hydrogens is 616 g/mol. The first kappa shape index (κ1) is 30.8. The molecule has 0 bridgehead atoms. The van der Waals surface area contributed by atoms with Crippen LogP contribution >= 0.6 is 31.9 Å². The number of para-hydroxylation sites is 2. The standard InChI is InChI=1S/C20H14Br2N2O2.C3H7NO.ClH.Mn/c21-15-5-7-19(25)13(9-15)11-23-17-3-1-2-4-18(17)24-12-14-10-16(22)6-8-20(14)26;1-4(2)3-5;;/h1-12,25-26H;3H,1-2H3;1H;/q;;;+3/p-3. The van der Waals surface area contributed by atoms with Gasteiger partial charge in [0.15, 0.2) is 0 Å². The Morgan fingerprint density at radius 3 is 1.48 bits per heavy atom. The smallest absolute Gasteiger partial charge is 1.00 e. The van der Waals surface area contributed by atoms with Crippen LogP contribution in [0.15, 0.2) is 79.6 Å². The van der Waals surface area contributed by atoms with E-state index in [1.54, 1.807) is 50.5 Å². The van der Waals surface area contributed by atoms with Gasteiger partial charge in [0.1, 0.15) is 0 Å². The van der Waals surface area contributed by atoms with Gasteiger partial charge in [-0.3, -0.25) is 14.8 Å². The summed E-state index contributed by atoms with van der Waals surface area (Å²) in [6.07, 6.45) is 3.78. The van der Waals surface area contributed by atoms with Crippen molar-refractivity contribution in [3.05, 3.63) is 80.7 Å². The van der Waals surface area contributed by atoms with E-state index in [4.69, 9.17) is 0 Å². The molecule has 172 valence electrons. The van der Waals surface area contributed by atoms with Crippen molar-refractivity contribution in [3.63, 3.8) is 0 Å². The molecule has 0 saturated carbocycles. The number of aliphatic imine (C=N–C) groups is 2. The Morgan fingerprint density at radius 2 is 1.15 bits per heavy atom. The first-order valence-electron chi connectivity index (χ1n) is 9.02. The SMILES string of the molecule is CN(C)C=O.[Cl-].[Mn+3].[O-]c1ccc(Br)cc1C=Nc1ccccc1N=Cc1cc(Br)ccc1[O-]. The van der Waals surface area contributed by atoms with Gasteiger partial charge in [-0.25, -0.2) is 0 Å². The molecule has 0 radical (unpaired) electrons. The number of halogens is 3. The van der Waals surface area contributed by atoms with Gasteiger partial charge in [-0.2, -0.15) is 0 Å². The molecule has 33 heavy (non-hydrogen) atoms. The van der Waals surface area contributed by atoms with E-state index < -0.39 is 0 Å². The zero-order valence-electron chi connectivity index (χ0n) is 17.6. The van der Waals surface area contributed by atoms with Gasteiger partial charge in [-0.1, -0.05) is 67.6 Å². The van der Waals surface area contributed by atoms with Crippen LogP contribution in [0, 0.1) is 0 Å². The number of carbonyl (C=O) groups is 1. The maximum Gasteiger partial charge on any atom is 3.00 e. The Bertz CT molecular complexity index is 1030. The summed E-state index contributed by atoms with van der Waals surface area (Å²) in [5.41, 5.74) is 2.16. The average Bonchev–Trinajstić information content (AvgIpc) is 2.76. The van der Waals surface area contributed by atoms with Crippen LogP contribution in [0.1, 0.15) is 11.1 Å². The van der Waals surface area contributed by atoms with Crippen LogP contribution in [0.2, 0.25) is 0 Å². The fourth-order valence-electron chi connectivity index (χ4n) is 2.20. The maximum absolute atomic E-state index is 11.9. The molecule has 0 spiro atoms. The first-order chi connectivity index (χ1) is 14.8. The van der Waals surface area contributed by atoms with Crippen LogP contribution in [-0.2, 0) is 21.9 Å². The van der Waals surface area contributed by atoms with Gasteiger partial charge in [0, 0.05) is 35.5 Å². The van der Waals surface area contributed by atoms with E-state index in [2.05, 4.69) is 41.8 Å². The molecule has 0 unspecified atom stereocenters. The van der Waals surface area contributed by atoms with Gasteiger partial charge in [-0.05, 0) is 47.5 Å². The third-order valence-corrected chi connectivity index (χ3v) is 4.71. The molecule has 0 atom stereocenters. The van der Waals surface area contributed by atoms with Crippen LogP contribution < -0.4 is 22.6 Å². The minimum atomic E-state index is -0.108. The largest absolute Gasteiger partial charge is 3.00 e. The van der Waals surface area contributed by atoms with Gasteiger partial charge >= 0.3 is 17.1 Å². The monoisotopic (exact) mass is 633 g/mol. The molecule has 0 saturated heterocycles. The zero-order valence-corrected chi connectivity index (χ0v) is 22.7. The van der Waals surface area contributed by atoms with Gasteiger partial charge in [0.2, 0.25) is 6.41 Å². The maximum atomic E-state index is 11.9. The fourth-order valence-corrected chi connectivity index (χ4v) is 2.96. The molecule has 1 amide bonds. The van der Waals surface area contributed by atoms with Gasteiger partial charge in [0.05, 0.1) is 11.4 Å². The molecule has 0 aliphatic carbocycles. The summed E-state index contributed by atoms with van der Waals surface area (Å²) >= 11 is 6.69. The van der Waals surface area contributed by atoms with E-state index in [0.29, 0.717) is 22.5 Å². The van der Waals surface area contributed by atoms with E-state index in [1.807, 2.05) is 12.1 Å². The third kappa shape index (κ3) is 10.5. The molecule has 0 fully saturated rings. The van der Waals surface area contributed by atoms with Crippen molar-refractivity contribution in [1.29, 1.82) is 0 Å². The average molecular weight is 636 g/mol. The molecule has 10 heteroatoms. The molecule has 6 nitrogen and oxygen atoms in total. The third-order valence-electron chi connectivity index (χ3n) is 3.72. The first-order valence-corrected chi connectivity index (χ1v) is 10.6. The summed E-state index contributed by atoms with van der Waals surface area (Å²) in [5, 5.41) is 23.8. The van der Waals surface area contributed by atoms with Crippen LogP contribution in [-0.4, -0.2) is 37.8 Å². The van der Waals surface area contributed by atoms with E-state index in [1.165, 1.54) is 29.5 Å². The minimum absolute atomic E-state index is 0. The van der Waals surface area contributed by atoms with Gasteiger partial charge < -0.3 is 27.5 Å². The number of rotatable bonds is 5. The van der Waals surface area contributed by atoms with Gasteiger partial charge in [-0.15, -0.1) is 0 Å². The second-order valence-corrected chi connectivity index (χ2v) is 8.27. The van der Waals surface area contributed by atoms with Crippen LogP contribution in [0.5, 0.6) is 11.5 Å². The summed E-state index contributed by atoms with van der Waals surface area (Å²) < 4.78 is 1.62. The van der Waals surface area contributed by atoms with Crippen LogP contribution in [0.4, 0.5) is 11.4 Å². The second-order valence-electron chi connectivity index (χ2n) is 6.44. The molecule has 0 N–H and O–H groups in total. The molecule has 0 aliphatic heterocycles. The quantitative estimate of drug-likeness (QED) is 0.242. The van der Waals surface area contributed by atoms with Crippen molar-refractivity contribution in [1.82, 2.24) is 4.90 Å². The Hall–Kier alpha value is -2.16. The minimum Gasteiger partial charge on any atom is -1.00 e. The zero-order chi connectivity index (χ0) is 22.8. The number of benzene rings is 3. The fraction of sp³-hybridized carbons (Fsp3) is 0.0870. The molecule has 0 aliphatic rings. The summed E-state index contributed by atoms with van der Waals surface area (Å²) in [5.74, 6) is -0.217. The van der Waals surface area contributed by atoms with Crippen molar-refractivity contribution in [3.8, 4) is 11.5 Å². The summed E-state index contributed by atoms with van der Waals surface area (Å²) in [6, 6.07) is 17.0. The van der Waals surface area contributed by atoms with Crippen molar-refractivity contribution in [2.75, 3.05) is 14.1 Å². The van der Waals surface area contributed by atoms with Crippen LogP contribution in [0.25, 0.3) is 0 Å². The number of carbonyl (C=O) groups excluding carboxylic acids is 1. The van der Waals surface area contributed by atoms with E-state index >= 15 is 0 Å². The molecule has 3 aromatic rings. The Labute approximate surface area is 226 Å². The van der Waals surface area contributed by atoms with E-state index in [9.17, 15) is 15.0 Å². The van der Waals surface area contributed by atoms with E-state index in [-0.39, 0.29) is 41.0 Å². The number of nitrogens with zero attached hydrogens (tertiary/aromatic N) is 3. The molecule has 3 aromatic carbocycles. The normalized spacial score (nSPS) is 10.1. The summed E-state index contributed by atoms with van der Waals surface area (Å²) in [7, 11) is 3.38. The second kappa shape index (κ2) is 15.6. The molecule has 0 heterocycles. The van der Waals surface area contributed by atoms with Gasteiger partial charge in [0.25, 0.3) is 0 Å². The predicted molar refractivity (Wildman–Crippen MR) is 128 cm³/mol. The molecular formula is C23H19Br2ClMnN3O3. The predicted octanol–water partition coefficient (Wildman–Crippen LogP) is 1.57. The van der Waals surface area contributed by atoms with Crippen molar-refractivity contribution < 1.29 is 44.5 Å². The van der Waals surface area contributed by atoms with Crippen molar-refractivity contribution in [2.45, 2.75) is 0 Å². The Balaban J connectivity index is 0.00000133. The van der Waals surface area contributed by atoms with E-state index in [0.717, 1.165) is 15.4 Å². The summed E-state index contributed by atoms with van der Waals surface area (Å²) in [4.78, 5) is 19.6.